The molecular formula is C18H18ClN3S2. The van der Waals surface area contributed by atoms with Crippen molar-refractivity contribution in [3.8, 4) is 0 Å². The monoisotopic (exact) mass is 375 g/mol. The molecule has 4 rings (SSSR count). The number of thioether (sulfide) groups is 1. The first kappa shape index (κ1) is 16.1. The molecule has 0 radical (unpaired) electrons. The Hall–Kier alpha value is -1.43. The lowest BCUT2D eigenvalue weighted by molar-refractivity contribution is 0.652. The van der Waals surface area contributed by atoms with E-state index in [1.165, 1.54) is 9.60 Å². The van der Waals surface area contributed by atoms with Gasteiger partial charge in [0, 0.05) is 31.1 Å². The highest BCUT2D eigenvalue weighted by Gasteiger charge is 2.21. The summed E-state index contributed by atoms with van der Waals surface area (Å²) in [6.07, 6.45) is 2.11. The van der Waals surface area contributed by atoms with Gasteiger partial charge in [-0.15, -0.1) is 11.8 Å². The Labute approximate surface area is 155 Å². The van der Waals surface area contributed by atoms with E-state index in [9.17, 15) is 0 Å². The predicted octanol–water partition coefficient (Wildman–Crippen LogP) is 5.00. The van der Waals surface area contributed by atoms with Crippen molar-refractivity contribution in [1.29, 1.82) is 0 Å². The number of aromatic nitrogens is 1. The average Bonchev–Trinajstić information content (AvgIpc) is 3.06. The number of nitrogens with zero attached hydrogens (tertiary/aromatic N) is 3. The Bertz CT molecular complexity index is 856. The molecule has 1 fully saturated rings. The lowest BCUT2D eigenvalue weighted by Crippen LogP contribution is -2.46. The van der Waals surface area contributed by atoms with Gasteiger partial charge >= 0.3 is 0 Å². The minimum absolute atomic E-state index is 0.829. The summed E-state index contributed by atoms with van der Waals surface area (Å²) >= 11 is 9.88. The SMILES string of the molecule is CSc1cccc2sc(N3CCN(c4ccccc4Cl)CC3)nc12. The fourth-order valence-electron chi connectivity index (χ4n) is 3.06. The molecule has 0 atom stereocenters. The number of hydrogen-bond donors (Lipinski definition) is 0. The van der Waals surface area contributed by atoms with Crippen molar-refractivity contribution in [2.75, 3.05) is 42.2 Å². The van der Waals surface area contributed by atoms with E-state index >= 15 is 0 Å². The smallest absolute Gasteiger partial charge is 0.186 e. The number of benzene rings is 2. The summed E-state index contributed by atoms with van der Waals surface area (Å²) in [6.45, 7) is 3.88. The summed E-state index contributed by atoms with van der Waals surface area (Å²) in [5, 5.41) is 1.96. The molecule has 1 aliphatic heterocycles. The number of hydrogen-bond acceptors (Lipinski definition) is 5. The van der Waals surface area contributed by atoms with Crippen LogP contribution in [0.5, 0.6) is 0 Å². The number of fused-ring (bicyclic) bond motifs is 1. The third-order valence-electron chi connectivity index (χ3n) is 4.33. The second kappa shape index (κ2) is 6.82. The molecule has 0 saturated carbocycles. The van der Waals surface area contributed by atoms with Gasteiger partial charge in [-0.25, -0.2) is 4.98 Å². The van der Waals surface area contributed by atoms with E-state index < -0.39 is 0 Å². The van der Waals surface area contributed by atoms with Gasteiger partial charge < -0.3 is 9.80 Å². The van der Waals surface area contributed by atoms with Crippen molar-refractivity contribution >= 4 is 55.7 Å². The zero-order chi connectivity index (χ0) is 16.5. The second-order valence-electron chi connectivity index (χ2n) is 5.73. The fraction of sp³-hybridized carbons (Fsp3) is 0.278. The molecule has 2 heterocycles. The summed E-state index contributed by atoms with van der Waals surface area (Å²) in [5.74, 6) is 0. The predicted molar refractivity (Wildman–Crippen MR) is 107 cm³/mol. The van der Waals surface area contributed by atoms with Gasteiger partial charge in [0.1, 0.15) is 0 Å². The van der Waals surface area contributed by atoms with Crippen LogP contribution in [-0.4, -0.2) is 37.4 Å². The summed E-state index contributed by atoms with van der Waals surface area (Å²) in [5.41, 5.74) is 2.27. The molecule has 1 aliphatic rings. The van der Waals surface area contributed by atoms with E-state index in [4.69, 9.17) is 16.6 Å². The van der Waals surface area contributed by atoms with Crippen LogP contribution in [0.4, 0.5) is 10.8 Å². The Balaban J connectivity index is 1.53. The van der Waals surface area contributed by atoms with Gasteiger partial charge in [0.05, 0.1) is 20.9 Å². The first-order valence-corrected chi connectivity index (χ1v) is 10.4. The summed E-state index contributed by atoms with van der Waals surface area (Å²) in [4.78, 5) is 10.9. The third-order valence-corrected chi connectivity index (χ3v) is 6.50. The summed E-state index contributed by atoms with van der Waals surface area (Å²) in [6, 6.07) is 14.5. The first-order valence-electron chi connectivity index (χ1n) is 7.94. The standard InChI is InChI=1S/C18H18ClN3S2/c1-23-15-7-4-8-16-17(15)20-18(24-16)22-11-9-21(10-12-22)14-6-3-2-5-13(14)19/h2-8H,9-12H2,1H3. The van der Waals surface area contributed by atoms with Crippen LogP contribution in [0.3, 0.4) is 0 Å². The molecule has 124 valence electrons. The van der Waals surface area contributed by atoms with Gasteiger partial charge in [0.15, 0.2) is 5.13 Å². The lowest BCUT2D eigenvalue weighted by atomic mass is 10.2. The van der Waals surface area contributed by atoms with E-state index in [1.807, 2.05) is 18.2 Å². The van der Waals surface area contributed by atoms with Crippen LogP contribution in [0.2, 0.25) is 5.02 Å². The third kappa shape index (κ3) is 2.96. The molecule has 1 aromatic heterocycles. The fourth-order valence-corrected chi connectivity index (χ4v) is 4.99. The number of para-hydroxylation sites is 2. The zero-order valence-electron chi connectivity index (χ0n) is 13.4. The Kier molecular flexibility index (Phi) is 4.57. The Morgan fingerprint density at radius 2 is 1.75 bits per heavy atom. The van der Waals surface area contributed by atoms with Gasteiger partial charge in [0.25, 0.3) is 0 Å². The van der Waals surface area contributed by atoms with Crippen LogP contribution in [0.15, 0.2) is 47.4 Å². The molecule has 0 amide bonds. The van der Waals surface area contributed by atoms with Crippen molar-refractivity contribution in [2.24, 2.45) is 0 Å². The minimum atomic E-state index is 0.829. The van der Waals surface area contributed by atoms with Crippen LogP contribution < -0.4 is 9.80 Å². The van der Waals surface area contributed by atoms with Crippen molar-refractivity contribution in [3.63, 3.8) is 0 Å². The van der Waals surface area contributed by atoms with Crippen LogP contribution in [0.1, 0.15) is 0 Å². The lowest BCUT2D eigenvalue weighted by Gasteiger charge is -2.36. The first-order chi connectivity index (χ1) is 11.8. The molecule has 2 aromatic carbocycles. The highest BCUT2D eigenvalue weighted by atomic mass is 35.5. The van der Waals surface area contributed by atoms with Crippen LogP contribution >= 0.6 is 34.7 Å². The number of piperazine rings is 1. The molecule has 24 heavy (non-hydrogen) atoms. The number of thiazole rings is 1. The summed E-state index contributed by atoms with van der Waals surface area (Å²) < 4.78 is 1.27. The van der Waals surface area contributed by atoms with E-state index in [0.717, 1.165) is 47.5 Å². The van der Waals surface area contributed by atoms with E-state index in [2.05, 4.69) is 40.3 Å². The van der Waals surface area contributed by atoms with Gasteiger partial charge in [-0.3, -0.25) is 0 Å². The van der Waals surface area contributed by atoms with Crippen molar-refractivity contribution < 1.29 is 0 Å². The maximum Gasteiger partial charge on any atom is 0.186 e. The van der Waals surface area contributed by atoms with E-state index in [-0.39, 0.29) is 0 Å². The van der Waals surface area contributed by atoms with E-state index in [1.54, 1.807) is 23.1 Å². The molecule has 1 saturated heterocycles. The number of rotatable bonds is 3. The largest absolute Gasteiger partial charge is 0.367 e. The molecule has 0 bridgehead atoms. The Morgan fingerprint density at radius 1 is 1.00 bits per heavy atom. The van der Waals surface area contributed by atoms with Crippen molar-refractivity contribution in [2.45, 2.75) is 4.90 Å². The van der Waals surface area contributed by atoms with Crippen LogP contribution in [-0.2, 0) is 0 Å². The average molecular weight is 376 g/mol. The van der Waals surface area contributed by atoms with Gasteiger partial charge in [-0.1, -0.05) is 41.1 Å². The highest BCUT2D eigenvalue weighted by Crippen LogP contribution is 2.35. The molecule has 0 spiro atoms. The topological polar surface area (TPSA) is 19.4 Å². The van der Waals surface area contributed by atoms with Gasteiger partial charge in [-0.05, 0) is 30.5 Å². The normalized spacial score (nSPS) is 15.2. The van der Waals surface area contributed by atoms with E-state index in [0.29, 0.717) is 0 Å². The zero-order valence-corrected chi connectivity index (χ0v) is 15.8. The molecule has 6 heteroatoms. The quantitative estimate of drug-likeness (QED) is 0.600. The molecule has 0 aliphatic carbocycles. The van der Waals surface area contributed by atoms with Crippen molar-refractivity contribution in [1.82, 2.24) is 4.98 Å². The minimum Gasteiger partial charge on any atom is -0.367 e. The van der Waals surface area contributed by atoms with Gasteiger partial charge in [-0.2, -0.15) is 0 Å². The molecule has 3 nitrogen and oxygen atoms in total. The molecule has 0 N–H and O–H groups in total. The number of halogens is 1. The maximum atomic E-state index is 6.33. The molecular weight excluding hydrogens is 358 g/mol. The number of anilines is 2. The highest BCUT2D eigenvalue weighted by molar-refractivity contribution is 7.98. The van der Waals surface area contributed by atoms with Crippen molar-refractivity contribution in [3.05, 3.63) is 47.5 Å². The van der Waals surface area contributed by atoms with Crippen LogP contribution in [0, 0.1) is 0 Å². The maximum absolute atomic E-state index is 6.33. The second-order valence-corrected chi connectivity index (χ2v) is 7.99. The van der Waals surface area contributed by atoms with Crippen LogP contribution in [0.25, 0.3) is 10.2 Å². The summed E-state index contributed by atoms with van der Waals surface area (Å²) in [7, 11) is 0. The molecule has 3 aromatic rings. The Morgan fingerprint density at radius 3 is 2.50 bits per heavy atom. The molecule has 0 unspecified atom stereocenters. The van der Waals surface area contributed by atoms with Gasteiger partial charge in [0.2, 0.25) is 0 Å².